The summed E-state index contributed by atoms with van der Waals surface area (Å²) in [5, 5.41) is 13.7. The first kappa shape index (κ1) is 20.6. The molecule has 1 heterocycles. The monoisotopic (exact) mass is 378 g/mol. The molecule has 1 fully saturated rings. The Kier molecular flexibility index (Phi) is 6.37. The van der Waals surface area contributed by atoms with Gasteiger partial charge in [-0.25, -0.2) is 4.79 Å². The zero-order valence-corrected chi connectivity index (χ0v) is 16.2. The molecule has 2 rings (SSSR count). The van der Waals surface area contributed by atoms with Gasteiger partial charge in [0.1, 0.15) is 11.3 Å². The molecule has 27 heavy (non-hydrogen) atoms. The van der Waals surface area contributed by atoms with Gasteiger partial charge in [-0.2, -0.15) is 0 Å². The van der Waals surface area contributed by atoms with E-state index in [-0.39, 0.29) is 29.9 Å². The lowest BCUT2D eigenvalue weighted by Crippen LogP contribution is -2.51. The van der Waals surface area contributed by atoms with Crippen molar-refractivity contribution in [3.63, 3.8) is 0 Å². The third-order valence-electron chi connectivity index (χ3n) is 4.02. The smallest absolute Gasteiger partial charge is 0.410 e. The molecule has 0 atom stereocenters. The van der Waals surface area contributed by atoms with E-state index in [4.69, 9.17) is 4.74 Å². The minimum atomic E-state index is -0.545. The maximum Gasteiger partial charge on any atom is 0.410 e. The lowest BCUT2D eigenvalue weighted by molar-refractivity contribution is -0.384. The number of hydrogen-bond acceptors (Lipinski definition) is 6. The second kappa shape index (κ2) is 8.34. The van der Waals surface area contributed by atoms with E-state index in [0.29, 0.717) is 26.2 Å². The highest BCUT2D eigenvalue weighted by atomic mass is 16.6. The van der Waals surface area contributed by atoms with Crippen LogP contribution < -0.4 is 5.32 Å². The lowest BCUT2D eigenvalue weighted by atomic mass is 10.2. The van der Waals surface area contributed by atoms with E-state index in [2.05, 4.69) is 5.32 Å². The second-order valence-electron chi connectivity index (χ2n) is 7.57. The molecular weight excluding hydrogens is 352 g/mol. The summed E-state index contributed by atoms with van der Waals surface area (Å²) in [6.07, 6.45) is -0.359. The van der Waals surface area contributed by atoms with Gasteiger partial charge in [0.2, 0.25) is 5.91 Å². The molecule has 0 aromatic heterocycles. The Hall–Kier alpha value is -2.68. The molecular formula is C18H26N4O5. The number of amides is 2. The number of rotatable bonds is 4. The van der Waals surface area contributed by atoms with Crippen molar-refractivity contribution in [1.29, 1.82) is 0 Å². The summed E-state index contributed by atoms with van der Waals surface area (Å²) in [4.78, 5) is 38.5. The van der Waals surface area contributed by atoms with Gasteiger partial charge in [-0.3, -0.25) is 19.8 Å². The van der Waals surface area contributed by atoms with Gasteiger partial charge in [0.25, 0.3) is 5.69 Å². The topological polar surface area (TPSA) is 105 Å². The van der Waals surface area contributed by atoms with Gasteiger partial charge in [-0.15, -0.1) is 0 Å². The first-order chi connectivity index (χ1) is 12.5. The number of nitrogens with one attached hydrogen (secondary N) is 1. The van der Waals surface area contributed by atoms with E-state index in [9.17, 15) is 19.7 Å². The van der Waals surface area contributed by atoms with Crippen LogP contribution in [-0.4, -0.2) is 65.0 Å². The van der Waals surface area contributed by atoms with Crippen LogP contribution in [0, 0.1) is 17.0 Å². The van der Waals surface area contributed by atoms with E-state index in [0.717, 1.165) is 5.56 Å². The number of carbonyl (C=O) groups excluding carboxylic acids is 2. The largest absolute Gasteiger partial charge is 0.444 e. The number of aryl methyl sites for hydroxylation is 1. The van der Waals surface area contributed by atoms with Crippen LogP contribution in [0.4, 0.5) is 16.2 Å². The maximum absolute atomic E-state index is 12.3. The molecule has 1 aromatic carbocycles. The molecule has 9 nitrogen and oxygen atoms in total. The van der Waals surface area contributed by atoms with Crippen molar-refractivity contribution in [2.45, 2.75) is 33.3 Å². The van der Waals surface area contributed by atoms with E-state index in [1.54, 1.807) is 17.9 Å². The molecule has 148 valence electrons. The van der Waals surface area contributed by atoms with Crippen LogP contribution in [-0.2, 0) is 9.53 Å². The molecule has 1 saturated heterocycles. The van der Waals surface area contributed by atoms with Crippen LogP contribution in [0.1, 0.15) is 26.3 Å². The fourth-order valence-electron chi connectivity index (χ4n) is 2.71. The minimum Gasteiger partial charge on any atom is -0.444 e. The molecule has 1 aliphatic heterocycles. The van der Waals surface area contributed by atoms with Gasteiger partial charge in [-0.05, 0) is 39.3 Å². The third kappa shape index (κ3) is 6.21. The number of ether oxygens (including phenoxy) is 1. The Morgan fingerprint density at radius 1 is 1.22 bits per heavy atom. The Bertz CT molecular complexity index is 721. The van der Waals surface area contributed by atoms with Crippen LogP contribution in [0.25, 0.3) is 0 Å². The summed E-state index contributed by atoms with van der Waals surface area (Å²) in [7, 11) is 0. The summed E-state index contributed by atoms with van der Waals surface area (Å²) < 4.78 is 5.34. The second-order valence-corrected chi connectivity index (χ2v) is 7.57. The Morgan fingerprint density at radius 3 is 2.41 bits per heavy atom. The van der Waals surface area contributed by atoms with Crippen molar-refractivity contribution in [2.75, 3.05) is 38.0 Å². The van der Waals surface area contributed by atoms with E-state index in [1.165, 1.54) is 12.1 Å². The molecule has 0 saturated carbocycles. The van der Waals surface area contributed by atoms with Crippen LogP contribution in [0.15, 0.2) is 18.2 Å². The fourth-order valence-corrected chi connectivity index (χ4v) is 2.71. The van der Waals surface area contributed by atoms with Gasteiger partial charge < -0.3 is 15.0 Å². The van der Waals surface area contributed by atoms with Crippen LogP contribution in [0.2, 0.25) is 0 Å². The van der Waals surface area contributed by atoms with Gasteiger partial charge in [0.15, 0.2) is 0 Å². The molecule has 1 aliphatic rings. The van der Waals surface area contributed by atoms with Gasteiger partial charge in [0.05, 0.1) is 11.5 Å². The van der Waals surface area contributed by atoms with Crippen molar-refractivity contribution in [1.82, 2.24) is 9.80 Å². The summed E-state index contributed by atoms with van der Waals surface area (Å²) >= 11 is 0. The van der Waals surface area contributed by atoms with Crippen LogP contribution in [0.3, 0.4) is 0 Å². The van der Waals surface area contributed by atoms with Crippen molar-refractivity contribution >= 4 is 23.4 Å². The summed E-state index contributed by atoms with van der Waals surface area (Å²) in [5.74, 6) is -0.326. The zero-order valence-electron chi connectivity index (χ0n) is 16.2. The maximum atomic E-state index is 12.3. The highest BCUT2D eigenvalue weighted by molar-refractivity contribution is 5.94. The van der Waals surface area contributed by atoms with Crippen molar-refractivity contribution in [2.24, 2.45) is 0 Å². The molecule has 0 unspecified atom stereocenters. The molecule has 0 aliphatic carbocycles. The molecule has 2 amide bonds. The van der Waals surface area contributed by atoms with Crippen LogP contribution in [0.5, 0.6) is 0 Å². The number of nitrogens with zero attached hydrogens (tertiary/aromatic N) is 3. The fraction of sp³-hybridized carbons (Fsp3) is 0.556. The molecule has 0 spiro atoms. The SMILES string of the molecule is Cc1ccc(NC(=O)CN2CCN(C(=O)OC(C)(C)C)CC2)c([N+](=O)[O-])c1. The summed E-state index contributed by atoms with van der Waals surface area (Å²) in [6.45, 7) is 9.29. The number of nitro benzene ring substituents is 1. The van der Waals surface area contributed by atoms with Gasteiger partial charge >= 0.3 is 6.09 Å². The molecule has 0 bridgehead atoms. The summed E-state index contributed by atoms with van der Waals surface area (Å²) in [5.41, 5.74) is 0.260. The van der Waals surface area contributed by atoms with E-state index in [1.807, 2.05) is 25.7 Å². The molecule has 1 aromatic rings. The highest BCUT2D eigenvalue weighted by Crippen LogP contribution is 2.25. The lowest BCUT2D eigenvalue weighted by Gasteiger charge is -2.35. The highest BCUT2D eigenvalue weighted by Gasteiger charge is 2.27. The quantitative estimate of drug-likeness (QED) is 0.637. The third-order valence-corrected chi connectivity index (χ3v) is 4.02. The Morgan fingerprint density at radius 2 is 1.85 bits per heavy atom. The summed E-state index contributed by atoms with van der Waals surface area (Å²) in [6, 6.07) is 4.67. The average Bonchev–Trinajstić information content (AvgIpc) is 2.55. The molecule has 1 N–H and O–H groups in total. The van der Waals surface area contributed by atoms with Crippen molar-refractivity contribution in [3.05, 3.63) is 33.9 Å². The first-order valence-corrected chi connectivity index (χ1v) is 8.80. The number of nitro groups is 1. The zero-order chi connectivity index (χ0) is 20.2. The minimum absolute atomic E-state index is 0.104. The Balaban J connectivity index is 1.86. The van der Waals surface area contributed by atoms with Crippen molar-refractivity contribution in [3.8, 4) is 0 Å². The normalized spacial score (nSPS) is 15.3. The predicted octanol–water partition coefficient (Wildman–Crippen LogP) is 2.39. The van der Waals surface area contributed by atoms with Gasteiger partial charge in [0, 0.05) is 32.2 Å². The number of benzene rings is 1. The molecule has 9 heteroatoms. The number of anilines is 1. The average molecular weight is 378 g/mol. The van der Waals surface area contributed by atoms with E-state index < -0.39 is 10.5 Å². The first-order valence-electron chi connectivity index (χ1n) is 8.80. The van der Waals surface area contributed by atoms with Crippen LogP contribution >= 0.6 is 0 Å². The van der Waals surface area contributed by atoms with Crippen molar-refractivity contribution < 1.29 is 19.2 Å². The Labute approximate surface area is 158 Å². The predicted molar refractivity (Wildman–Crippen MR) is 101 cm³/mol. The number of hydrogen-bond donors (Lipinski definition) is 1. The number of carbonyl (C=O) groups is 2. The standard InChI is InChI=1S/C18H26N4O5/c1-13-5-6-14(15(11-13)22(25)26)19-16(23)12-20-7-9-21(10-8-20)17(24)27-18(2,3)4/h5-6,11H,7-10,12H2,1-4H3,(H,19,23). The van der Waals surface area contributed by atoms with E-state index >= 15 is 0 Å². The number of piperazine rings is 1. The van der Waals surface area contributed by atoms with Gasteiger partial charge in [-0.1, -0.05) is 6.07 Å². The molecule has 0 radical (unpaired) electrons.